The number of carbonyl (C=O) groups excluding carboxylic acids is 1. The summed E-state index contributed by atoms with van der Waals surface area (Å²) in [4.78, 5) is 17.7. The van der Waals surface area contributed by atoms with Crippen molar-refractivity contribution >= 4 is 33.4 Å². The predicted molar refractivity (Wildman–Crippen MR) is 112 cm³/mol. The molecule has 3 heteroatoms. The van der Waals surface area contributed by atoms with Crippen LogP contribution in [0.4, 0.5) is 5.69 Å². The zero-order valence-corrected chi connectivity index (χ0v) is 15.0. The van der Waals surface area contributed by atoms with Crippen LogP contribution in [0.5, 0.6) is 0 Å². The van der Waals surface area contributed by atoms with E-state index in [2.05, 4.69) is 40.6 Å². The van der Waals surface area contributed by atoms with Crippen molar-refractivity contribution in [2.45, 2.75) is 6.04 Å². The number of hydrogen-bond acceptors (Lipinski definition) is 3. The van der Waals surface area contributed by atoms with Crippen LogP contribution in [-0.4, -0.2) is 10.8 Å². The zero-order valence-electron chi connectivity index (χ0n) is 15.0. The van der Waals surface area contributed by atoms with E-state index in [9.17, 15) is 4.79 Å². The second-order valence-electron chi connectivity index (χ2n) is 7.23. The molecule has 1 N–H and O–H groups in total. The number of fused-ring (bicyclic) bond motifs is 6. The molecule has 2 heterocycles. The lowest BCUT2D eigenvalue weighted by Crippen LogP contribution is -2.19. The number of hydrogen-bond donors (Lipinski definition) is 1. The standard InChI is InChI=1S/C25H16N2O/c28-25-19-8-4-3-7-18(19)22-23(25)21-17-6-2-1-5-15(17)9-10-20(21)27-24(22)16-11-13-26-14-12-16/h1-14,24,27H. The van der Waals surface area contributed by atoms with Crippen molar-refractivity contribution in [3.05, 3.63) is 107 Å². The van der Waals surface area contributed by atoms with E-state index in [0.29, 0.717) is 0 Å². The van der Waals surface area contributed by atoms with E-state index < -0.39 is 0 Å². The van der Waals surface area contributed by atoms with Gasteiger partial charge in [0.15, 0.2) is 5.78 Å². The minimum atomic E-state index is -0.0840. The van der Waals surface area contributed by atoms with Gasteiger partial charge in [-0.15, -0.1) is 0 Å². The van der Waals surface area contributed by atoms with Gasteiger partial charge in [-0.25, -0.2) is 0 Å². The molecule has 0 saturated carbocycles. The third-order valence-corrected chi connectivity index (χ3v) is 5.77. The Morgan fingerprint density at radius 1 is 0.786 bits per heavy atom. The van der Waals surface area contributed by atoms with Gasteiger partial charge in [0.05, 0.1) is 6.04 Å². The first-order valence-electron chi connectivity index (χ1n) is 9.40. The molecule has 0 saturated heterocycles. The molecule has 1 atom stereocenters. The quantitative estimate of drug-likeness (QED) is 0.487. The highest BCUT2D eigenvalue weighted by atomic mass is 16.1. The van der Waals surface area contributed by atoms with E-state index in [1.54, 1.807) is 12.4 Å². The number of carbonyl (C=O) groups is 1. The molecule has 1 aliphatic carbocycles. The lowest BCUT2D eigenvalue weighted by Gasteiger charge is -2.30. The van der Waals surface area contributed by atoms with Crippen LogP contribution >= 0.6 is 0 Å². The summed E-state index contributed by atoms with van der Waals surface area (Å²) < 4.78 is 0. The molecule has 28 heavy (non-hydrogen) atoms. The van der Waals surface area contributed by atoms with Crippen LogP contribution in [0.15, 0.2) is 85.2 Å². The first-order valence-corrected chi connectivity index (χ1v) is 9.40. The Kier molecular flexibility index (Phi) is 3.09. The normalized spacial score (nSPS) is 17.1. The summed E-state index contributed by atoms with van der Waals surface area (Å²) in [5.41, 5.74) is 6.82. The molecular weight excluding hydrogens is 344 g/mol. The summed E-state index contributed by atoms with van der Waals surface area (Å²) in [6, 6.07) is 24.3. The second kappa shape index (κ2) is 5.64. The lowest BCUT2D eigenvalue weighted by molar-refractivity contribution is 0.105. The van der Waals surface area contributed by atoms with Crippen molar-refractivity contribution < 1.29 is 4.79 Å². The number of Topliss-reactive ketones (excluding diaryl/α,β-unsaturated/α-hetero) is 1. The molecular formula is C25H16N2O. The summed E-state index contributed by atoms with van der Waals surface area (Å²) in [5.74, 6) is 0.115. The summed E-state index contributed by atoms with van der Waals surface area (Å²) in [7, 11) is 0. The maximum Gasteiger partial charge on any atom is 0.194 e. The number of aromatic nitrogens is 1. The van der Waals surface area contributed by atoms with Gasteiger partial charge in [0, 0.05) is 34.8 Å². The number of ketones is 1. The maximum absolute atomic E-state index is 13.5. The van der Waals surface area contributed by atoms with E-state index in [1.807, 2.05) is 42.5 Å². The monoisotopic (exact) mass is 360 g/mol. The summed E-state index contributed by atoms with van der Waals surface area (Å²) in [5, 5.41) is 5.95. The highest BCUT2D eigenvalue weighted by molar-refractivity contribution is 6.43. The molecule has 3 aromatic carbocycles. The molecule has 1 aromatic heterocycles. The van der Waals surface area contributed by atoms with Crippen LogP contribution < -0.4 is 5.32 Å². The number of pyridine rings is 1. The molecule has 4 aromatic rings. The van der Waals surface area contributed by atoms with Crippen LogP contribution in [0.1, 0.15) is 33.1 Å². The Balaban J connectivity index is 1.72. The number of rotatable bonds is 1. The fraction of sp³-hybridized carbons (Fsp3) is 0.0400. The number of nitrogens with zero attached hydrogens (tertiary/aromatic N) is 1. The molecule has 1 aliphatic heterocycles. The molecule has 2 aliphatic rings. The van der Waals surface area contributed by atoms with Crippen molar-refractivity contribution in [1.82, 2.24) is 4.98 Å². The molecule has 0 spiro atoms. The van der Waals surface area contributed by atoms with Crippen LogP contribution in [-0.2, 0) is 0 Å². The van der Waals surface area contributed by atoms with E-state index >= 15 is 0 Å². The average Bonchev–Trinajstić information content (AvgIpc) is 3.07. The first-order chi connectivity index (χ1) is 13.8. The third kappa shape index (κ3) is 1.99. The van der Waals surface area contributed by atoms with E-state index in [0.717, 1.165) is 49.9 Å². The van der Waals surface area contributed by atoms with Gasteiger partial charge in [0.2, 0.25) is 0 Å². The third-order valence-electron chi connectivity index (χ3n) is 5.77. The van der Waals surface area contributed by atoms with E-state index in [4.69, 9.17) is 0 Å². The van der Waals surface area contributed by atoms with Crippen LogP contribution in [0, 0.1) is 0 Å². The first kappa shape index (κ1) is 15.3. The number of allylic oxidation sites excluding steroid dienone is 1. The Labute approximate surface area is 162 Å². The van der Waals surface area contributed by atoms with Gasteiger partial charge in [-0.2, -0.15) is 0 Å². The van der Waals surface area contributed by atoms with Crippen molar-refractivity contribution in [2.24, 2.45) is 0 Å². The lowest BCUT2D eigenvalue weighted by atomic mass is 9.84. The van der Waals surface area contributed by atoms with E-state index in [-0.39, 0.29) is 11.8 Å². The average molecular weight is 360 g/mol. The SMILES string of the molecule is O=C1C2=C(c3ccccc31)C(c1ccncc1)Nc1ccc3ccccc3c12. The summed E-state index contributed by atoms with van der Waals surface area (Å²) >= 11 is 0. The molecule has 0 amide bonds. The minimum absolute atomic E-state index is 0.0840. The van der Waals surface area contributed by atoms with Gasteiger partial charge in [-0.3, -0.25) is 9.78 Å². The Morgan fingerprint density at radius 2 is 1.54 bits per heavy atom. The molecule has 1 unspecified atom stereocenters. The van der Waals surface area contributed by atoms with Crippen LogP contribution in [0.3, 0.4) is 0 Å². The summed E-state index contributed by atoms with van der Waals surface area (Å²) in [6.45, 7) is 0. The van der Waals surface area contributed by atoms with Crippen molar-refractivity contribution in [3.8, 4) is 0 Å². The number of nitrogens with one attached hydrogen (secondary N) is 1. The van der Waals surface area contributed by atoms with Crippen LogP contribution in [0.25, 0.3) is 21.9 Å². The largest absolute Gasteiger partial charge is 0.374 e. The fourth-order valence-electron chi connectivity index (χ4n) is 4.55. The molecule has 0 bridgehead atoms. The summed E-state index contributed by atoms with van der Waals surface area (Å²) in [6.07, 6.45) is 3.60. The highest BCUT2D eigenvalue weighted by Crippen LogP contribution is 2.52. The van der Waals surface area contributed by atoms with Gasteiger partial charge < -0.3 is 5.32 Å². The number of benzene rings is 3. The smallest absolute Gasteiger partial charge is 0.194 e. The fourth-order valence-corrected chi connectivity index (χ4v) is 4.55. The molecule has 0 radical (unpaired) electrons. The molecule has 132 valence electrons. The molecule has 3 nitrogen and oxygen atoms in total. The molecule has 6 rings (SSSR count). The van der Waals surface area contributed by atoms with Crippen molar-refractivity contribution in [3.63, 3.8) is 0 Å². The van der Waals surface area contributed by atoms with Gasteiger partial charge in [0.1, 0.15) is 0 Å². The number of anilines is 1. The van der Waals surface area contributed by atoms with Gasteiger partial charge in [-0.05, 0) is 45.7 Å². The zero-order chi connectivity index (χ0) is 18.7. The highest BCUT2D eigenvalue weighted by Gasteiger charge is 2.39. The second-order valence-corrected chi connectivity index (χ2v) is 7.23. The van der Waals surface area contributed by atoms with Gasteiger partial charge in [-0.1, -0.05) is 54.6 Å². The minimum Gasteiger partial charge on any atom is -0.374 e. The Morgan fingerprint density at radius 3 is 2.39 bits per heavy atom. The van der Waals surface area contributed by atoms with Crippen molar-refractivity contribution in [2.75, 3.05) is 5.32 Å². The van der Waals surface area contributed by atoms with Gasteiger partial charge in [0.25, 0.3) is 0 Å². The molecule has 0 fully saturated rings. The van der Waals surface area contributed by atoms with Crippen LogP contribution in [0.2, 0.25) is 0 Å². The van der Waals surface area contributed by atoms with E-state index in [1.165, 1.54) is 0 Å². The van der Waals surface area contributed by atoms with Crippen molar-refractivity contribution in [1.29, 1.82) is 0 Å². The predicted octanol–water partition coefficient (Wildman–Crippen LogP) is 5.51. The topological polar surface area (TPSA) is 42.0 Å². The Bertz CT molecular complexity index is 1300. The Hall–Kier alpha value is -3.72. The van der Waals surface area contributed by atoms with Gasteiger partial charge >= 0.3 is 0 Å². The maximum atomic E-state index is 13.5.